The molecule has 1 N–H and O–H groups in total. The van der Waals surface area contributed by atoms with E-state index in [1.165, 1.54) is 35.6 Å². The van der Waals surface area contributed by atoms with Gasteiger partial charge in [-0.2, -0.15) is 24.5 Å². The lowest BCUT2D eigenvalue weighted by molar-refractivity contribution is -0.137. The maximum Gasteiger partial charge on any atom is 0.417 e. The smallest absolute Gasteiger partial charge is 0.417 e. The summed E-state index contributed by atoms with van der Waals surface area (Å²) in [6, 6.07) is 8.66. The number of aromatic nitrogens is 1. The van der Waals surface area contributed by atoms with Gasteiger partial charge in [0.1, 0.15) is 11.5 Å². The molecule has 0 unspecified atom stereocenters. The summed E-state index contributed by atoms with van der Waals surface area (Å²) < 4.78 is 60.4. The van der Waals surface area contributed by atoms with Gasteiger partial charge in [0.25, 0.3) is 0 Å². The van der Waals surface area contributed by atoms with Crippen molar-refractivity contribution in [1.82, 2.24) is 5.16 Å². The molecule has 0 saturated heterocycles. The molecule has 0 fully saturated rings. The van der Waals surface area contributed by atoms with Gasteiger partial charge in [-0.05, 0) is 52.6 Å². The van der Waals surface area contributed by atoms with Gasteiger partial charge in [-0.25, -0.2) is 9.18 Å². The molecule has 0 atom stereocenters. The monoisotopic (exact) mass is 447 g/mol. The first kappa shape index (κ1) is 20.8. The summed E-state index contributed by atoms with van der Waals surface area (Å²) in [5, 5.41) is 16.1. The fourth-order valence-electron chi connectivity index (χ4n) is 3.20. The van der Waals surface area contributed by atoms with Crippen LogP contribution in [-0.2, 0) is 6.18 Å². The van der Waals surface area contributed by atoms with E-state index in [1.807, 2.05) is 0 Å². The number of carboxylic acids is 1. The number of nitrogens with zero attached hydrogens (tertiary/aromatic N) is 1. The fourth-order valence-corrected chi connectivity index (χ4v) is 4.05. The number of aryl methyl sites for hydroxylation is 1. The minimum absolute atomic E-state index is 0.0665. The van der Waals surface area contributed by atoms with Crippen molar-refractivity contribution in [2.24, 2.45) is 0 Å². The number of carboxylic acid groups (broad SMARTS) is 1. The molecule has 2 aromatic heterocycles. The molecule has 2 heterocycles. The summed E-state index contributed by atoms with van der Waals surface area (Å²) in [6.07, 6.45) is -4.58. The third-order valence-corrected chi connectivity index (χ3v) is 5.62. The molecule has 0 spiro atoms. The molecule has 4 nitrogen and oxygen atoms in total. The zero-order valence-corrected chi connectivity index (χ0v) is 16.6. The first-order chi connectivity index (χ1) is 14.6. The highest BCUT2D eigenvalue weighted by Gasteiger charge is 2.34. The summed E-state index contributed by atoms with van der Waals surface area (Å²) >= 11 is 1.32. The van der Waals surface area contributed by atoms with Crippen molar-refractivity contribution in [3.8, 4) is 33.7 Å². The molecule has 4 rings (SSSR count). The zero-order chi connectivity index (χ0) is 22.3. The van der Waals surface area contributed by atoms with E-state index in [1.54, 1.807) is 17.7 Å². The van der Waals surface area contributed by atoms with Crippen LogP contribution in [0.3, 0.4) is 0 Å². The van der Waals surface area contributed by atoms with E-state index in [0.717, 1.165) is 23.8 Å². The molecular formula is C22H13F4NO3S. The van der Waals surface area contributed by atoms with Crippen LogP contribution in [0.5, 0.6) is 0 Å². The Morgan fingerprint density at radius 2 is 1.77 bits per heavy atom. The SMILES string of the molecule is Cc1cscc1-c1ccc(-c2cc(-c3ccc(C(=O)O)c(F)c3)no2)cc1C(F)(F)F. The van der Waals surface area contributed by atoms with Gasteiger partial charge < -0.3 is 9.63 Å². The number of benzene rings is 2. The third-order valence-electron chi connectivity index (χ3n) is 4.76. The van der Waals surface area contributed by atoms with Crippen LogP contribution in [-0.4, -0.2) is 16.2 Å². The highest BCUT2D eigenvalue weighted by molar-refractivity contribution is 7.08. The number of alkyl halides is 3. The van der Waals surface area contributed by atoms with Gasteiger partial charge in [0.15, 0.2) is 5.76 Å². The predicted octanol–water partition coefficient (Wildman–Crippen LogP) is 6.90. The average molecular weight is 447 g/mol. The lowest BCUT2D eigenvalue weighted by Gasteiger charge is -2.14. The van der Waals surface area contributed by atoms with Crippen LogP contribution in [0.15, 0.2) is 57.7 Å². The zero-order valence-electron chi connectivity index (χ0n) is 15.8. The first-order valence-electron chi connectivity index (χ1n) is 8.90. The number of hydrogen-bond donors (Lipinski definition) is 1. The number of hydrogen-bond acceptors (Lipinski definition) is 4. The molecule has 158 valence electrons. The highest BCUT2D eigenvalue weighted by Crippen LogP contribution is 2.41. The Morgan fingerprint density at radius 3 is 2.39 bits per heavy atom. The van der Waals surface area contributed by atoms with Crippen LogP contribution in [0.4, 0.5) is 17.6 Å². The molecule has 0 aliphatic rings. The quantitative estimate of drug-likeness (QED) is 0.346. The summed E-state index contributed by atoms with van der Waals surface area (Å²) in [7, 11) is 0. The van der Waals surface area contributed by atoms with Gasteiger partial charge in [-0.15, -0.1) is 0 Å². The number of carbonyl (C=O) groups is 1. The Kier molecular flexibility index (Phi) is 5.14. The van der Waals surface area contributed by atoms with Crippen molar-refractivity contribution in [2.45, 2.75) is 13.1 Å². The standard InChI is InChI=1S/C22H13F4NO3S/c1-11-9-31-10-16(11)14-4-3-13(6-17(14)22(24,25)26)20-8-19(27-30-20)12-2-5-15(21(28)29)18(23)7-12/h2-10H,1H3,(H,28,29). The van der Waals surface area contributed by atoms with E-state index in [0.29, 0.717) is 5.56 Å². The molecule has 0 saturated carbocycles. The Balaban J connectivity index is 1.75. The highest BCUT2D eigenvalue weighted by atomic mass is 32.1. The molecule has 0 bridgehead atoms. The van der Waals surface area contributed by atoms with Crippen LogP contribution in [0.25, 0.3) is 33.7 Å². The van der Waals surface area contributed by atoms with Crippen LogP contribution in [0, 0.1) is 12.7 Å². The molecule has 0 radical (unpaired) electrons. The second kappa shape index (κ2) is 7.66. The summed E-state index contributed by atoms with van der Waals surface area (Å²) in [5.41, 5.74) is 0.582. The number of thiophene rings is 1. The number of halogens is 4. The maximum atomic E-state index is 13.9. The second-order valence-electron chi connectivity index (χ2n) is 6.80. The molecule has 4 aromatic rings. The lowest BCUT2D eigenvalue weighted by atomic mass is 9.96. The van der Waals surface area contributed by atoms with Crippen molar-refractivity contribution >= 4 is 17.3 Å². The summed E-state index contributed by atoms with van der Waals surface area (Å²) in [4.78, 5) is 10.9. The Hall–Kier alpha value is -3.46. The number of aromatic carboxylic acids is 1. The van der Waals surface area contributed by atoms with Gasteiger partial charge in [0.2, 0.25) is 0 Å². The van der Waals surface area contributed by atoms with Crippen LogP contribution in [0.2, 0.25) is 0 Å². The predicted molar refractivity (Wildman–Crippen MR) is 107 cm³/mol. The van der Waals surface area contributed by atoms with E-state index in [9.17, 15) is 22.4 Å². The Labute approximate surface area is 177 Å². The van der Waals surface area contributed by atoms with Gasteiger partial charge in [-0.1, -0.05) is 23.4 Å². The molecule has 2 aromatic carbocycles. The van der Waals surface area contributed by atoms with Crippen LogP contribution < -0.4 is 0 Å². The summed E-state index contributed by atoms with van der Waals surface area (Å²) in [5.74, 6) is -2.30. The van der Waals surface area contributed by atoms with Crippen molar-refractivity contribution in [2.75, 3.05) is 0 Å². The first-order valence-corrected chi connectivity index (χ1v) is 9.84. The average Bonchev–Trinajstić information content (AvgIpc) is 3.36. The molecular weight excluding hydrogens is 434 g/mol. The topological polar surface area (TPSA) is 63.3 Å². The van der Waals surface area contributed by atoms with E-state index < -0.39 is 29.1 Å². The van der Waals surface area contributed by atoms with E-state index in [4.69, 9.17) is 9.63 Å². The molecule has 0 amide bonds. The van der Waals surface area contributed by atoms with Gasteiger partial charge in [0, 0.05) is 17.2 Å². The normalized spacial score (nSPS) is 11.6. The van der Waals surface area contributed by atoms with Gasteiger partial charge >= 0.3 is 12.1 Å². The maximum absolute atomic E-state index is 13.9. The number of rotatable bonds is 4. The third kappa shape index (κ3) is 3.96. The van der Waals surface area contributed by atoms with Crippen molar-refractivity contribution in [1.29, 1.82) is 0 Å². The Morgan fingerprint density at radius 1 is 1.03 bits per heavy atom. The van der Waals surface area contributed by atoms with E-state index in [-0.39, 0.29) is 28.1 Å². The van der Waals surface area contributed by atoms with Gasteiger partial charge in [0.05, 0.1) is 11.1 Å². The van der Waals surface area contributed by atoms with Gasteiger partial charge in [-0.3, -0.25) is 0 Å². The van der Waals surface area contributed by atoms with E-state index >= 15 is 0 Å². The molecule has 31 heavy (non-hydrogen) atoms. The van der Waals surface area contributed by atoms with E-state index in [2.05, 4.69) is 5.16 Å². The minimum atomic E-state index is -4.58. The fraction of sp³-hybridized carbons (Fsp3) is 0.0909. The lowest BCUT2D eigenvalue weighted by Crippen LogP contribution is -2.07. The Bertz CT molecular complexity index is 1290. The minimum Gasteiger partial charge on any atom is -0.478 e. The summed E-state index contributed by atoms with van der Waals surface area (Å²) in [6.45, 7) is 1.75. The van der Waals surface area contributed by atoms with Crippen LogP contribution >= 0.6 is 11.3 Å². The molecule has 0 aliphatic carbocycles. The van der Waals surface area contributed by atoms with Crippen LogP contribution in [0.1, 0.15) is 21.5 Å². The van der Waals surface area contributed by atoms with Crippen molar-refractivity contribution in [3.05, 3.63) is 75.7 Å². The largest absolute Gasteiger partial charge is 0.478 e. The van der Waals surface area contributed by atoms with Crippen molar-refractivity contribution in [3.63, 3.8) is 0 Å². The second-order valence-corrected chi connectivity index (χ2v) is 7.55. The molecule has 9 heteroatoms. The molecule has 0 aliphatic heterocycles. The van der Waals surface area contributed by atoms with Crippen molar-refractivity contribution < 1.29 is 32.0 Å².